The van der Waals surface area contributed by atoms with Crippen molar-refractivity contribution in [3.8, 4) is 11.5 Å². The molecule has 0 radical (unpaired) electrons. The molecule has 8 nitrogen and oxygen atoms in total. The number of amides is 1. The molecule has 0 aliphatic carbocycles. The second-order valence-corrected chi connectivity index (χ2v) is 7.81. The quantitative estimate of drug-likeness (QED) is 0.643. The van der Waals surface area contributed by atoms with Gasteiger partial charge in [0.05, 0.1) is 12.0 Å². The van der Waals surface area contributed by atoms with Crippen molar-refractivity contribution >= 4 is 32.4 Å². The number of ether oxygens (including phenoxy) is 2. The molecule has 140 valence electrons. The molecular formula is C17H15N3O5S2. The van der Waals surface area contributed by atoms with E-state index >= 15 is 0 Å². The van der Waals surface area contributed by atoms with Crippen LogP contribution in [-0.4, -0.2) is 37.4 Å². The van der Waals surface area contributed by atoms with Crippen molar-refractivity contribution in [1.82, 2.24) is 9.36 Å². The van der Waals surface area contributed by atoms with Crippen molar-refractivity contribution in [2.45, 2.75) is 10.1 Å². The minimum atomic E-state index is -3.82. The molecule has 1 amide bonds. The summed E-state index contributed by atoms with van der Waals surface area (Å²) in [5.74, 6) is 0.689. The van der Waals surface area contributed by atoms with Crippen LogP contribution in [0, 0.1) is 0 Å². The van der Waals surface area contributed by atoms with E-state index in [1.165, 1.54) is 12.1 Å². The maximum absolute atomic E-state index is 12.4. The first kappa shape index (κ1) is 18.8. The summed E-state index contributed by atoms with van der Waals surface area (Å²) in [6, 6.07) is 14.6. The highest BCUT2D eigenvalue weighted by molar-refractivity contribution is 7.91. The van der Waals surface area contributed by atoms with E-state index < -0.39 is 15.7 Å². The molecule has 10 heteroatoms. The number of rotatable bonds is 7. The number of carbonyl (C=O) groups excluding carboxylic acids is 1. The minimum Gasteiger partial charge on any atom is -0.497 e. The zero-order valence-corrected chi connectivity index (χ0v) is 15.8. The number of hydrogen-bond donors (Lipinski definition) is 1. The van der Waals surface area contributed by atoms with Gasteiger partial charge in [0, 0.05) is 11.5 Å². The summed E-state index contributed by atoms with van der Waals surface area (Å²) in [5.41, 5.74) is 0. The Bertz CT molecular complexity index is 1020. The van der Waals surface area contributed by atoms with Gasteiger partial charge in [0.1, 0.15) is 11.5 Å². The van der Waals surface area contributed by atoms with Gasteiger partial charge in [-0.15, -0.1) is 0 Å². The summed E-state index contributed by atoms with van der Waals surface area (Å²) < 4.78 is 39.1. The third-order valence-corrected chi connectivity index (χ3v) is 5.68. The predicted octanol–water partition coefficient (Wildman–Crippen LogP) is 2.40. The van der Waals surface area contributed by atoms with Crippen LogP contribution < -0.4 is 14.8 Å². The highest BCUT2D eigenvalue weighted by Gasteiger charge is 2.23. The van der Waals surface area contributed by atoms with Gasteiger partial charge in [0.15, 0.2) is 6.61 Å². The highest BCUT2D eigenvalue weighted by Crippen LogP contribution is 2.22. The van der Waals surface area contributed by atoms with Gasteiger partial charge in [0.25, 0.3) is 11.1 Å². The third-order valence-electron chi connectivity index (χ3n) is 3.38. The Labute approximate surface area is 159 Å². The fourth-order valence-corrected chi connectivity index (χ4v) is 4.04. The first-order valence-corrected chi connectivity index (χ1v) is 9.95. The van der Waals surface area contributed by atoms with E-state index in [0.29, 0.717) is 11.5 Å². The van der Waals surface area contributed by atoms with Gasteiger partial charge in [0.2, 0.25) is 15.0 Å². The summed E-state index contributed by atoms with van der Waals surface area (Å²) in [6.45, 7) is -0.257. The molecule has 1 N–H and O–H groups in total. The molecule has 3 aromatic rings. The van der Waals surface area contributed by atoms with E-state index in [4.69, 9.17) is 9.47 Å². The van der Waals surface area contributed by atoms with Crippen molar-refractivity contribution in [3.05, 3.63) is 54.6 Å². The Morgan fingerprint density at radius 1 is 1.07 bits per heavy atom. The van der Waals surface area contributed by atoms with E-state index in [9.17, 15) is 13.2 Å². The first-order chi connectivity index (χ1) is 13.0. The zero-order chi connectivity index (χ0) is 19.3. The molecular weight excluding hydrogens is 390 g/mol. The van der Waals surface area contributed by atoms with Crippen LogP contribution in [0.5, 0.6) is 11.5 Å². The normalized spacial score (nSPS) is 11.0. The molecule has 0 spiro atoms. The van der Waals surface area contributed by atoms with E-state index in [-0.39, 0.29) is 21.8 Å². The topological polar surface area (TPSA) is 107 Å². The number of benzene rings is 2. The van der Waals surface area contributed by atoms with Crippen LogP contribution in [0.4, 0.5) is 5.13 Å². The Hall–Kier alpha value is -2.98. The predicted molar refractivity (Wildman–Crippen MR) is 98.9 cm³/mol. The molecule has 1 aromatic heterocycles. The van der Waals surface area contributed by atoms with Gasteiger partial charge in [-0.3, -0.25) is 10.1 Å². The number of nitrogens with one attached hydrogen (secondary N) is 1. The van der Waals surface area contributed by atoms with Crippen LogP contribution in [0.2, 0.25) is 0 Å². The fourth-order valence-electron chi connectivity index (χ4n) is 2.05. The summed E-state index contributed by atoms with van der Waals surface area (Å²) in [6.07, 6.45) is 0. The molecule has 0 bridgehead atoms. The maximum Gasteiger partial charge on any atom is 0.265 e. The second kappa shape index (κ2) is 8.14. The molecule has 0 fully saturated rings. The molecule has 0 saturated heterocycles. The van der Waals surface area contributed by atoms with Gasteiger partial charge in [-0.2, -0.15) is 9.36 Å². The lowest BCUT2D eigenvalue weighted by atomic mass is 10.3. The summed E-state index contributed by atoms with van der Waals surface area (Å²) in [4.78, 5) is 15.9. The third kappa shape index (κ3) is 4.60. The molecule has 0 saturated carbocycles. The number of aromatic nitrogens is 2. The van der Waals surface area contributed by atoms with E-state index in [1.807, 2.05) is 0 Å². The second-order valence-electron chi connectivity index (χ2n) is 5.21. The van der Waals surface area contributed by atoms with Gasteiger partial charge in [-0.1, -0.05) is 18.2 Å². The van der Waals surface area contributed by atoms with Crippen molar-refractivity contribution in [1.29, 1.82) is 0 Å². The number of methoxy groups -OCH3 is 1. The number of nitrogens with zero attached hydrogens (tertiary/aromatic N) is 2. The average molecular weight is 405 g/mol. The van der Waals surface area contributed by atoms with Crippen LogP contribution in [0.25, 0.3) is 0 Å². The van der Waals surface area contributed by atoms with Gasteiger partial charge >= 0.3 is 0 Å². The average Bonchev–Trinajstić information content (AvgIpc) is 3.17. The van der Waals surface area contributed by atoms with Crippen LogP contribution >= 0.6 is 11.5 Å². The van der Waals surface area contributed by atoms with Crippen LogP contribution in [0.3, 0.4) is 0 Å². The van der Waals surface area contributed by atoms with E-state index in [1.54, 1.807) is 49.6 Å². The molecule has 2 aromatic carbocycles. The van der Waals surface area contributed by atoms with Gasteiger partial charge in [-0.05, 0) is 36.4 Å². The van der Waals surface area contributed by atoms with E-state index in [2.05, 4.69) is 14.7 Å². The number of carbonyl (C=O) groups is 1. The highest BCUT2D eigenvalue weighted by atomic mass is 32.2. The lowest BCUT2D eigenvalue weighted by molar-refractivity contribution is -0.118. The fraction of sp³-hybridized carbons (Fsp3) is 0.118. The molecule has 0 aliphatic heterocycles. The standard InChI is InChI=1S/C17H15N3O5S2/c1-24-12-7-9-13(10-8-12)25-11-15(21)18-16-19-17(20-26-16)27(22,23)14-5-3-2-4-6-14/h2-10H,11H2,1H3,(H,18,19,20,21). The largest absolute Gasteiger partial charge is 0.497 e. The Balaban J connectivity index is 1.61. The SMILES string of the molecule is COc1ccc(OCC(=O)Nc2nc(S(=O)(=O)c3ccccc3)ns2)cc1. The number of hydrogen-bond acceptors (Lipinski definition) is 8. The van der Waals surface area contributed by atoms with Crippen molar-refractivity contribution in [3.63, 3.8) is 0 Å². The van der Waals surface area contributed by atoms with Crippen molar-refractivity contribution < 1.29 is 22.7 Å². The lowest BCUT2D eigenvalue weighted by Crippen LogP contribution is -2.20. The van der Waals surface area contributed by atoms with Crippen molar-refractivity contribution in [2.75, 3.05) is 19.0 Å². The minimum absolute atomic E-state index is 0.0767. The molecule has 0 unspecified atom stereocenters. The van der Waals surface area contributed by atoms with Crippen LogP contribution in [-0.2, 0) is 14.6 Å². The summed E-state index contributed by atoms with van der Waals surface area (Å²) in [7, 11) is -2.27. The van der Waals surface area contributed by atoms with Crippen LogP contribution in [0.15, 0.2) is 64.6 Å². The molecule has 1 heterocycles. The zero-order valence-electron chi connectivity index (χ0n) is 14.2. The van der Waals surface area contributed by atoms with Gasteiger partial charge in [-0.25, -0.2) is 8.42 Å². The number of sulfone groups is 1. The Kier molecular flexibility index (Phi) is 5.67. The Morgan fingerprint density at radius 2 is 1.74 bits per heavy atom. The summed E-state index contributed by atoms with van der Waals surface area (Å²) >= 11 is 0.782. The lowest BCUT2D eigenvalue weighted by Gasteiger charge is -2.06. The first-order valence-electron chi connectivity index (χ1n) is 7.69. The van der Waals surface area contributed by atoms with Crippen molar-refractivity contribution in [2.24, 2.45) is 0 Å². The molecule has 3 rings (SSSR count). The van der Waals surface area contributed by atoms with Crippen LogP contribution in [0.1, 0.15) is 0 Å². The summed E-state index contributed by atoms with van der Waals surface area (Å²) in [5, 5.41) is 2.19. The molecule has 0 aliphatic rings. The monoisotopic (exact) mass is 405 g/mol. The molecule has 27 heavy (non-hydrogen) atoms. The maximum atomic E-state index is 12.4. The van der Waals surface area contributed by atoms with Gasteiger partial charge < -0.3 is 9.47 Å². The Morgan fingerprint density at radius 3 is 2.41 bits per heavy atom. The molecule has 0 atom stereocenters. The number of anilines is 1. The van der Waals surface area contributed by atoms with E-state index in [0.717, 1.165) is 11.5 Å². The smallest absolute Gasteiger partial charge is 0.265 e.